The molecular formula is C22H28F3N3O3. The number of amides is 1. The van der Waals surface area contributed by atoms with Gasteiger partial charge < -0.3 is 10.1 Å². The van der Waals surface area contributed by atoms with Gasteiger partial charge in [0.05, 0.1) is 5.56 Å². The molecular weight excluding hydrogens is 411 g/mol. The highest BCUT2D eigenvalue weighted by Crippen LogP contribution is 2.59. The summed E-state index contributed by atoms with van der Waals surface area (Å²) in [6.45, 7) is 6.56. The molecule has 0 atom stereocenters. The van der Waals surface area contributed by atoms with Crippen LogP contribution < -0.4 is 5.32 Å². The van der Waals surface area contributed by atoms with E-state index in [0.717, 1.165) is 38.3 Å². The van der Waals surface area contributed by atoms with Gasteiger partial charge in [-0.25, -0.2) is 14.8 Å². The van der Waals surface area contributed by atoms with Crippen molar-refractivity contribution >= 4 is 11.9 Å². The quantitative estimate of drug-likeness (QED) is 0.718. The third-order valence-corrected chi connectivity index (χ3v) is 6.91. The van der Waals surface area contributed by atoms with E-state index in [0.29, 0.717) is 11.8 Å². The molecule has 1 aromatic rings. The van der Waals surface area contributed by atoms with Gasteiger partial charge in [-0.3, -0.25) is 4.79 Å². The molecule has 1 aromatic heterocycles. The number of nitrogens with one attached hydrogen (secondary N) is 1. The minimum atomic E-state index is -4.82. The summed E-state index contributed by atoms with van der Waals surface area (Å²) in [5.41, 5.74) is -4.07. The molecule has 4 aliphatic rings. The Kier molecular flexibility index (Phi) is 5.09. The summed E-state index contributed by atoms with van der Waals surface area (Å²) in [5.74, 6) is -0.937. The van der Waals surface area contributed by atoms with E-state index >= 15 is 0 Å². The van der Waals surface area contributed by atoms with Gasteiger partial charge in [0.2, 0.25) is 0 Å². The van der Waals surface area contributed by atoms with Gasteiger partial charge in [0.1, 0.15) is 17.0 Å². The Morgan fingerprint density at radius 3 is 2.10 bits per heavy atom. The second-order valence-electron chi connectivity index (χ2n) is 10.3. The first-order valence-electron chi connectivity index (χ1n) is 10.8. The fraction of sp³-hybridized carbons (Fsp3) is 0.727. The van der Waals surface area contributed by atoms with Gasteiger partial charge in [0.15, 0.2) is 5.69 Å². The van der Waals surface area contributed by atoms with Crippen molar-refractivity contribution in [3.05, 3.63) is 23.3 Å². The number of carbonyl (C=O) groups is 2. The van der Waals surface area contributed by atoms with E-state index in [2.05, 4.69) is 15.3 Å². The van der Waals surface area contributed by atoms with Crippen LogP contribution >= 0.6 is 0 Å². The topological polar surface area (TPSA) is 81.2 Å². The molecule has 170 valence electrons. The Morgan fingerprint density at radius 2 is 1.61 bits per heavy atom. The van der Waals surface area contributed by atoms with Gasteiger partial charge in [0.25, 0.3) is 5.91 Å². The van der Waals surface area contributed by atoms with Crippen molar-refractivity contribution in [1.29, 1.82) is 0 Å². The minimum Gasteiger partial charge on any atom is -0.458 e. The fourth-order valence-corrected chi connectivity index (χ4v) is 5.99. The molecule has 1 heterocycles. The van der Waals surface area contributed by atoms with Crippen molar-refractivity contribution in [3.8, 4) is 0 Å². The number of ether oxygens (including phenoxy) is 1. The standard InChI is InChI=1S/C22H28F3N3O3/c1-11-26-10-16(17(27-11)22(23,24)25)18(29)28-21(19(30)31-20(2,3)4)14-6-12-5-13(8-14)9-15(21)7-12/h10,12-15H,5-9H2,1-4H3,(H,28,29). The number of hydrogen-bond donors (Lipinski definition) is 1. The van der Waals surface area contributed by atoms with Crippen LogP contribution in [0.25, 0.3) is 0 Å². The van der Waals surface area contributed by atoms with Gasteiger partial charge >= 0.3 is 12.1 Å². The summed E-state index contributed by atoms with van der Waals surface area (Å²) >= 11 is 0. The molecule has 0 aliphatic heterocycles. The molecule has 0 saturated heterocycles. The molecule has 31 heavy (non-hydrogen) atoms. The molecule has 4 bridgehead atoms. The Balaban J connectivity index is 1.73. The monoisotopic (exact) mass is 439 g/mol. The highest BCUT2D eigenvalue weighted by Gasteiger charge is 2.63. The van der Waals surface area contributed by atoms with Crippen molar-refractivity contribution in [2.75, 3.05) is 0 Å². The molecule has 0 aromatic carbocycles. The number of alkyl halides is 3. The number of aryl methyl sites for hydroxylation is 1. The number of aromatic nitrogens is 2. The molecule has 1 N–H and O–H groups in total. The first-order chi connectivity index (χ1) is 14.3. The number of halogens is 3. The van der Waals surface area contributed by atoms with Crippen LogP contribution in [0.1, 0.15) is 74.8 Å². The van der Waals surface area contributed by atoms with Crippen molar-refractivity contribution in [1.82, 2.24) is 15.3 Å². The van der Waals surface area contributed by atoms with Gasteiger partial charge in [-0.05, 0) is 83.5 Å². The number of carbonyl (C=O) groups excluding carboxylic acids is 2. The predicted molar refractivity (Wildman–Crippen MR) is 105 cm³/mol. The first kappa shape index (κ1) is 22.0. The Morgan fingerprint density at radius 1 is 1.06 bits per heavy atom. The zero-order valence-electron chi connectivity index (χ0n) is 18.2. The highest BCUT2D eigenvalue weighted by atomic mass is 19.4. The Bertz CT molecular complexity index is 879. The molecule has 0 unspecified atom stereocenters. The van der Waals surface area contributed by atoms with Crippen molar-refractivity contribution in [3.63, 3.8) is 0 Å². The summed E-state index contributed by atoms with van der Waals surface area (Å²) < 4.78 is 46.4. The van der Waals surface area contributed by atoms with Gasteiger partial charge in [-0.2, -0.15) is 13.2 Å². The average molecular weight is 439 g/mol. The molecule has 6 nitrogen and oxygen atoms in total. The molecule has 1 amide bonds. The van der Waals surface area contributed by atoms with E-state index in [4.69, 9.17) is 4.74 Å². The van der Waals surface area contributed by atoms with E-state index in [1.807, 2.05) is 0 Å². The summed E-state index contributed by atoms with van der Waals surface area (Å²) in [5, 5.41) is 2.75. The van der Waals surface area contributed by atoms with Crippen LogP contribution in [0.3, 0.4) is 0 Å². The van der Waals surface area contributed by atoms with Crippen LogP contribution in [-0.2, 0) is 15.7 Å². The Hall–Kier alpha value is -2.19. The summed E-state index contributed by atoms with van der Waals surface area (Å²) in [4.78, 5) is 33.9. The second-order valence-corrected chi connectivity index (χ2v) is 10.3. The van der Waals surface area contributed by atoms with Crippen LogP contribution in [0, 0.1) is 30.6 Å². The number of nitrogens with zero attached hydrogens (tertiary/aromatic N) is 2. The van der Waals surface area contributed by atoms with Crippen molar-refractivity contribution < 1.29 is 27.5 Å². The lowest BCUT2D eigenvalue weighted by atomic mass is 9.48. The lowest BCUT2D eigenvalue weighted by Gasteiger charge is -2.59. The lowest BCUT2D eigenvalue weighted by molar-refractivity contribution is -0.180. The van der Waals surface area contributed by atoms with Crippen molar-refractivity contribution in [2.24, 2.45) is 23.7 Å². The zero-order chi connectivity index (χ0) is 22.8. The molecule has 4 fully saturated rings. The third-order valence-electron chi connectivity index (χ3n) is 6.91. The maximum atomic E-state index is 13.6. The molecule has 5 rings (SSSR count). The van der Waals surface area contributed by atoms with Crippen LogP contribution in [0.15, 0.2) is 6.20 Å². The van der Waals surface area contributed by atoms with Gasteiger partial charge in [-0.15, -0.1) is 0 Å². The van der Waals surface area contributed by atoms with Crippen molar-refractivity contribution in [2.45, 2.75) is 77.1 Å². The zero-order valence-corrected chi connectivity index (χ0v) is 18.2. The normalized spacial score (nSPS) is 32.1. The van der Waals surface area contributed by atoms with Gasteiger partial charge in [-0.1, -0.05) is 0 Å². The van der Waals surface area contributed by atoms with E-state index in [1.165, 1.54) is 6.92 Å². The third kappa shape index (κ3) is 3.91. The SMILES string of the molecule is Cc1ncc(C(=O)NC2(C(=O)OC(C)(C)C)C3CC4CC(C3)CC2C4)c(C(F)(F)F)n1. The second kappa shape index (κ2) is 7.17. The predicted octanol–water partition coefficient (Wildman–Crippen LogP) is 4.07. The largest absolute Gasteiger partial charge is 0.458 e. The molecule has 4 saturated carbocycles. The maximum Gasteiger partial charge on any atom is 0.434 e. The van der Waals surface area contributed by atoms with E-state index in [-0.39, 0.29) is 17.7 Å². The average Bonchev–Trinajstić information content (AvgIpc) is 2.61. The number of hydrogen-bond acceptors (Lipinski definition) is 5. The summed E-state index contributed by atoms with van der Waals surface area (Å²) in [7, 11) is 0. The molecule has 9 heteroatoms. The van der Waals surface area contributed by atoms with Crippen LogP contribution in [-0.4, -0.2) is 33.0 Å². The summed E-state index contributed by atoms with van der Waals surface area (Å²) in [6.07, 6.45) is 0.260. The summed E-state index contributed by atoms with van der Waals surface area (Å²) in [6, 6.07) is 0. The van der Waals surface area contributed by atoms with E-state index in [9.17, 15) is 22.8 Å². The van der Waals surface area contributed by atoms with Crippen LogP contribution in [0.5, 0.6) is 0 Å². The fourth-order valence-electron chi connectivity index (χ4n) is 5.99. The first-order valence-corrected chi connectivity index (χ1v) is 10.8. The number of esters is 1. The van der Waals surface area contributed by atoms with Gasteiger partial charge in [0, 0.05) is 6.20 Å². The van der Waals surface area contributed by atoms with Crippen LogP contribution in [0.2, 0.25) is 0 Å². The molecule has 0 spiro atoms. The lowest BCUT2D eigenvalue weighted by Crippen LogP contribution is -2.71. The molecule has 0 radical (unpaired) electrons. The maximum absolute atomic E-state index is 13.6. The number of rotatable bonds is 3. The van der Waals surface area contributed by atoms with Crippen LogP contribution in [0.4, 0.5) is 13.2 Å². The van der Waals surface area contributed by atoms with E-state index in [1.54, 1.807) is 20.8 Å². The minimum absolute atomic E-state index is 0.0830. The molecule has 4 aliphatic carbocycles. The Labute approximate surface area is 179 Å². The smallest absolute Gasteiger partial charge is 0.434 e. The highest BCUT2D eigenvalue weighted by molar-refractivity contribution is 5.99. The van der Waals surface area contributed by atoms with E-state index < -0.39 is 40.5 Å².